The van der Waals surface area contributed by atoms with E-state index >= 15 is 0 Å². The number of hydrogen-bond donors (Lipinski definition) is 1. The molecule has 0 aliphatic carbocycles. The van der Waals surface area contributed by atoms with E-state index in [0.717, 1.165) is 11.1 Å². The van der Waals surface area contributed by atoms with Gasteiger partial charge in [0.05, 0.1) is 9.80 Å². The summed E-state index contributed by atoms with van der Waals surface area (Å²) in [5, 5.41) is 16.2. The predicted molar refractivity (Wildman–Crippen MR) is 106 cm³/mol. The van der Waals surface area contributed by atoms with Gasteiger partial charge in [0, 0.05) is 16.7 Å². The molecule has 0 aliphatic heterocycles. The Hall–Kier alpha value is -2.90. The number of aryl methyl sites for hydroxylation is 1. The molecule has 1 N–H and O–H groups in total. The third-order valence-electron chi connectivity index (χ3n) is 3.69. The van der Waals surface area contributed by atoms with Crippen LogP contribution in [0.1, 0.15) is 20.8 Å². The van der Waals surface area contributed by atoms with Crippen LogP contribution in [0.5, 0.6) is 5.75 Å². The standard InChI is InChI=1S/C19H15ClN2O4S/c1-12-2-7-16(17(8-12)22(24)25)21-19(23)18-9-13(11-27-18)10-26-15-5-3-14(20)4-6-15/h2-9,11H,10H2,1H3,(H,21,23). The Morgan fingerprint density at radius 2 is 1.96 bits per heavy atom. The summed E-state index contributed by atoms with van der Waals surface area (Å²) in [6, 6.07) is 13.4. The fourth-order valence-electron chi connectivity index (χ4n) is 2.35. The molecule has 1 heterocycles. The second-order valence-electron chi connectivity index (χ2n) is 5.79. The van der Waals surface area contributed by atoms with Crippen molar-refractivity contribution in [2.45, 2.75) is 13.5 Å². The van der Waals surface area contributed by atoms with Crippen molar-refractivity contribution in [2.24, 2.45) is 0 Å². The number of thiophene rings is 1. The smallest absolute Gasteiger partial charge is 0.293 e. The number of rotatable bonds is 6. The lowest BCUT2D eigenvalue weighted by Crippen LogP contribution is -2.11. The summed E-state index contributed by atoms with van der Waals surface area (Å²) in [5.41, 5.74) is 1.62. The molecular weight excluding hydrogens is 388 g/mol. The fraction of sp³-hybridized carbons (Fsp3) is 0.105. The van der Waals surface area contributed by atoms with E-state index in [1.165, 1.54) is 23.5 Å². The minimum atomic E-state index is -0.511. The second-order valence-corrected chi connectivity index (χ2v) is 7.14. The lowest BCUT2D eigenvalue weighted by Gasteiger charge is -2.06. The molecule has 0 aliphatic rings. The average molecular weight is 403 g/mol. The van der Waals surface area contributed by atoms with Gasteiger partial charge in [0.15, 0.2) is 0 Å². The Kier molecular flexibility index (Phi) is 5.73. The molecule has 8 heteroatoms. The molecule has 3 rings (SSSR count). The molecule has 3 aromatic rings. The van der Waals surface area contributed by atoms with Crippen LogP contribution in [0.3, 0.4) is 0 Å². The summed E-state index contributed by atoms with van der Waals surface area (Å²) in [6.07, 6.45) is 0. The SMILES string of the molecule is Cc1ccc(NC(=O)c2cc(COc3ccc(Cl)cc3)cs2)c([N+](=O)[O-])c1. The largest absolute Gasteiger partial charge is 0.489 e. The molecule has 0 atom stereocenters. The van der Waals surface area contributed by atoms with E-state index in [0.29, 0.717) is 22.3 Å². The first-order chi connectivity index (χ1) is 12.9. The minimum Gasteiger partial charge on any atom is -0.489 e. The highest BCUT2D eigenvalue weighted by Crippen LogP contribution is 2.27. The van der Waals surface area contributed by atoms with Crippen molar-refractivity contribution in [2.75, 3.05) is 5.32 Å². The van der Waals surface area contributed by atoms with E-state index < -0.39 is 10.8 Å². The van der Waals surface area contributed by atoms with Gasteiger partial charge in [-0.15, -0.1) is 11.3 Å². The summed E-state index contributed by atoms with van der Waals surface area (Å²) in [5.74, 6) is 0.275. The van der Waals surface area contributed by atoms with Gasteiger partial charge in [0.25, 0.3) is 11.6 Å². The first-order valence-corrected chi connectivity index (χ1v) is 9.20. The van der Waals surface area contributed by atoms with Crippen molar-refractivity contribution >= 4 is 40.2 Å². The Morgan fingerprint density at radius 3 is 2.67 bits per heavy atom. The van der Waals surface area contributed by atoms with Crippen molar-refractivity contribution < 1.29 is 14.5 Å². The molecule has 138 valence electrons. The third-order valence-corrected chi connectivity index (χ3v) is 4.92. The number of amides is 1. The van der Waals surface area contributed by atoms with Crippen LogP contribution in [0.15, 0.2) is 53.9 Å². The van der Waals surface area contributed by atoms with Gasteiger partial charge in [-0.25, -0.2) is 0 Å². The molecule has 0 saturated carbocycles. The van der Waals surface area contributed by atoms with Gasteiger partial charge in [-0.2, -0.15) is 0 Å². The van der Waals surface area contributed by atoms with E-state index in [2.05, 4.69) is 5.32 Å². The van der Waals surface area contributed by atoms with Crippen molar-refractivity contribution in [3.05, 3.63) is 85.1 Å². The van der Waals surface area contributed by atoms with Crippen molar-refractivity contribution in [1.82, 2.24) is 0 Å². The lowest BCUT2D eigenvalue weighted by molar-refractivity contribution is -0.384. The van der Waals surface area contributed by atoms with Gasteiger partial charge in [0.2, 0.25) is 0 Å². The number of anilines is 1. The number of nitrogens with zero attached hydrogens (tertiary/aromatic N) is 1. The molecule has 0 spiro atoms. The van der Waals surface area contributed by atoms with Crippen LogP contribution in [0.2, 0.25) is 5.02 Å². The molecule has 0 saturated heterocycles. The molecular formula is C19H15ClN2O4S. The number of carbonyl (C=O) groups excluding carboxylic acids is 1. The van der Waals surface area contributed by atoms with Gasteiger partial charge >= 0.3 is 0 Å². The average Bonchev–Trinajstić information content (AvgIpc) is 3.12. The number of nitrogens with one attached hydrogen (secondary N) is 1. The minimum absolute atomic E-state index is 0.133. The Morgan fingerprint density at radius 1 is 1.22 bits per heavy atom. The Balaban J connectivity index is 1.66. The van der Waals surface area contributed by atoms with E-state index in [-0.39, 0.29) is 11.4 Å². The van der Waals surface area contributed by atoms with Gasteiger partial charge in [0.1, 0.15) is 18.0 Å². The first-order valence-electron chi connectivity index (χ1n) is 7.94. The first kappa shape index (κ1) is 18.9. The van der Waals surface area contributed by atoms with Gasteiger partial charge < -0.3 is 10.1 Å². The molecule has 1 amide bonds. The maximum Gasteiger partial charge on any atom is 0.293 e. The summed E-state index contributed by atoms with van der Waals surface area (Å²) in [7, 11) is 0. The van der Waals surface area contributed by atoms with Crippen molar-refractivity contribution in [1.29, 1.82) is 0 Å². The highest BCUT2D eigenvalue weighted by molar-refractivity contribution is 7.12. The Bertz CT molecular complexity index is 986. The van der Waals surface area contributed by atoms with Crippen LogP contribution in [0, 0.1) is 17.0 Å². The summed E-state index contributed by atoms with van der Waals surface area (Å²) in [6.45, 7) is 2.06. The van der Waals surface area contributed by atoms with E-state index in [1.54, 1.807) is 43.3 Å². The van der Waals surface area contributed by atoms with Crippen molar-refractivity contribution in [3.8, 4) is 5.75 Å². The normalized spacial score (nSPS) is 10.4. The molecule has 6 nitrogen and oxygen atoms in total. The molecule has 0 bridgehead atoms. The number of halogens is 1. The fourth-order valence-corrected chi connectivity index (χ4v) is 3.27. The number of hydrogen-bond acceptors (Lipinski definition) is 5. The molecule has 0 fully saturated rings. The highest BCUT2D eigenvalue weighted by Gasteiger charge is 2.18. The van der Waals surface area contributed by atoms with Crippen LogP contribution in [0.4, 0.5) is 11.4 Å². The van der Waals surface area contributed by atoms with E-state index in [9.17, 15) is 14.9 Å². The zero-order chi connectivity index (χ0) is 19.4. The molecule has 0 radical (unpaired) electrons. The van der Waals surface area contributed by atoms with Crippen LogP contribution in [-0.4, -0.2) is 10.8 Å². The number of nitro groups is 1. The zero-order valence-electron chi connectivity index (χ0n) is 14.3. The molecule has 27 heavy (non-hydrogen) atoms. The van der Waals surface area contributed by atoms with Crippen LogP contribution < -0.4 is 10.1 Å². The topological polar surface area (TPSA) is 81.5 Å². The maximum atomic E-state index is 12.4. The van der Waals surface area contributed by atoms with Gasteiger partial charge in [-0.3, -0.25) is 14.9 Å². The monoisotopic (exact) mass is 402 g/mol. The summed E-state index contributed by atoms with van der Waals surface area (Å²) in [4.78, 5) is 23.5. The number of carbonyl (C=O) groups is 1. The second kappa shape index (κ2) is 8.20. The van der Waals surface area contributed by atoms with Crippen LogP contribution in [0.25, 0.3) is 0 Å². The van der Waals surface area contributed by atoms with E-state index in [1.807, 2.05) is 5.38 Å². The van der Waals surface area contributed by atoms with E-state index in [4.69, 9.17) is 16.3 Å². The van der Waals surface area contributed by atoms with Gasteiger partial charge in [-0.05, 0) is 54.3 Å². The quantitative estimate of drug-likeness (QED) is 0.439. The maximum absolute atomic E-state index is 12.4. The van der Waals surface area contributed by atoms with Crippen molar-refractivity contribution in [3.63, 3.8) is 0 Å². The molecule has 2 aromatic carbocycles. The summed E-state index contributed by atoms with van der Waals surface area (Å²) < 4.78 is 5.65. The van der Waals surface area contributed by atoms with Gasteiger partial charge in [-0.1, -0.05) is 17.7 Å². The number of benzene rings is 2. The molecule has 0 unspecified atom stereocenters. The van der Waals surface area contributed by atoms with Crippen LogP contribution >= 0.6 is 22.9 Å². The molecule has 1 aromatic heterocycles. The highest BCUT2D eigenvalue weighted by atomic mass is 35.5. The number of ether oxygens (including phenoxy) is 1. The lowest BCUT2D eigenvalue weighted by atomic mass is 10.2. The zero-order valence-corrected chi connectivity index (χ0v) is 15.8. The third kappa shape index (κ3) is 4.84. The predicted octanol–water partition coefficient (Wildman–Crippen LogP) is 5.45. The van der Waals surface area contributed by atoms with Crippen LogP contribution in [-0.2, 0) is 6.61 Å². The Labute approximate surface area is 164 Å². The number of nitro benzene ring substituents is 1. The summed E-state index contributed by atoms with van der Waals surface area (Å²) >= 11 is 7.08.